The van der Waals surface area contributed by atoms with Gasteiger partial charge in [-0.3, -0.25) is 0 Å². The fourth-order valence-electron chi connectivity index (χ4n) is 4.36. The number of allylic oxidation sites excluding steroid dienone is 2. The molecule has 0 unspecified atom stereocenters. The Balaban J connectivity index is 0.00000243. The Hall–Kier alpha value is -0.718. The molecule has 1 aliphatic carbocycles. The molecule has 1 aliphatic heterocycles. The van der Waals surface area contributed by atoms with Crippen LogP contribution in [0, 0.1) is 43.1 Å². The number of aromatic carboxylic acids is 1. The van der Waals surface area contributed by atoms with Gasteiger partial charge in [-0.05, 0) is 39.5 Å². The Labute approximate surface area is 181 Å². The van der Waals surface area contributed by atoms with Crippen molar-refractivity contribution in [3.05, 3.63) is 40.5 Å². The molecule has 2 atom stereocenters. The third-order valence-electron chi connectivity index (χ3n) is 5.76. The van der Waals surface area contributed by atoms with Crippen molar-refractivity contribution in [3.8, 4) is 5.75 Å². The Morgan fingerprint density at radius 3 is 2.77 bits per heavy atom. The third kappa shape index (κ3) is 4.23. The van der Waals surface area contributed by atoms with E-state index in [1.54, 1.807) is 0 Å². The molecule has 3 rings (SSSR count). The van der Waals surface area contributed by atoms with Crippen molar-refractivity contribution in [2.75, 3.05) is 0 Å². The second kappa shape index (κ2) is 8.53. The molecule has 0 aromatic heterocycles. The molecule has 1 aromatic carbocycles. The van der Waals surface area contributed by atoms with E-state index in [4.69, 9.17) is 4.74 Å². The summed E-state index contributed by atoms with van der Waals surface area (Å²) in [5.41, 5.74) is 3.25. The van der Waals surface area contributed by atoms with Crippen LogP contribution in [-0.4, -0.2) is 16.7 Å². The molecule has 0 amide bonds. The molecule has 0 radical (unpaired) electrons. The van der Waals surface area contributed by atoms with E-state index in [1.165, 1.54) is 5.57 Å². The van der Waals surface area contributed by atoms with Crippen molar-refractivity contribution < 1.29 is 45.8 Å². The van der Waals surface area contributed by atoms with Crippen LogP contribution in [0.5, 0.6) is 5.75 Å². The van der Waals surface area contributed by atoms with E-state index in [1.807, 2.05) is 6.07 Å². The number of unbranched alkanes of at least 4 members (excludes halogenated alkanes) is 2. The summed E-state index contributed by atoms with van der Waals surface area (Å²) in [6, 6.07) is 5.22. The minimum absolute atomic E-state index is 0. The van der Waals surface area contributed by atoms with Gasteiger partial charge in [-0.15, -0.1) is 17.7 Å². The van der Waals surface area contributed by atoms with Gasteiger partial charge in [0.15, 0.2) is 0 Å². The van der Waals surface area contributed by atoms with Gasteiger partial charge in [0, 0.05) is 42.8 Å². The van der Waals surface area contributed by atoms with E-state index in [9.17, 15) is 9.90 Å². The molecule has 140 valence electrons. The molecule has 0 saturated carbocycles. The number of fused-ring (bicyclic) bond motifs is 3. The van der Waals surface area contributed by atoms with Crippen molar-refractivity contribution >= 4 is 5.97 Å². The summed E-state index contributed by atoms with van der Waals surface area (Å²) in [4.78, 5) is 11.8. The van der Waals surface area contributed by atoms with Crippen molar-refractivity contribution in [1.29, 1.82) is 0 Å². The summed E-state index contributed by atoms with van der Waals surface area (Å²) in [6.45, 7) is 8.63. The van der Waals surface area contributed by atoms with E-state index in [-0.39, 0.29) is 42.6 Å². The largest absolute Gasteiger partial charge is 0.531 e. The number of aryl methyl sites for hydroxylation is 1. The fraction of sp³-hybridized carbons (Fsp3) is 0.591. The zero-order chi connectivity index (χ0) is 18.2. The van der Waals surface area contributed by atoms with Gasteiger partial charge in [-0.25, -0.2) is 0 Å². The first-order chi connectivity index (χ1) is 11.8. The molecule has 1 heterocycles. The average Bonchev–Trinajstić information content (AvgIpc) is 2.53. The van der Waals surface area contributed by atoms with E-state index >= 15 is 0 Å². The summed E-state index contributed by atoms with van der Waals surface area (Å²) < 4.78 is 6.35. The molecule has 0 spiro atoms. The van der Waals surface area contributed by atoms with Gasteiger partial charge < -0.3 is 14.6 Å². The zero-order valence-corrected chi connectivity index (χ0v) is 20.5. The summed E-state index contributed by atoms with van der Waals surface area (Å²) >= 11 is 0. The predicted molar refractivity (Wildman–Crippen MR) is 99.4 cm³/mol. The van der Waals surface area contributed by atoms with Gasteiger partial charge in [0.05, 0.1) is 5.60 Å². The van der Waals surface area contributed by atoms with E-state index in [2.05, 4.69) is 39.8 Å². The number of benzene rings is 1. The van der Waals surface area contributed by atoms with Crippen molar-refractivity contribution in [2.24, 2.45) is 5.92 Å². The quantitative estimate of drug-likeness (QED) is 0.284. The number of ether oxygens (including phenoxy) is 1. The van der Waals surface area contributed by atoms with Crippen molar-refractivity contribution in [1.82, 2.24) is 0 Å². The van der Waals surface area contributed by atoms with Gasteiger partial charge in [0.2, 0.25) is 5.97 Å². The van der Waals surface area contributed by atoms with Crippen LogP contribution in [0.25, 0.3) is 0 Å². The number of rotatable bonds is 5. The Bertz CT molecular complexity index is 706. The normalized spacial score (nSPS) is 23.0. The third-order valence-corrected chi connectivity index (χ3v) is 5.76. The van der Waals surface area contributed by atoms with Crippen molar-refractivity contribution in [2.45, 2.75) is 77.7 Å². The minimum Gasteiger partial charge on any atom is -0.531 e. The van der Waals surface area contributed by atoms with Crippen LogP contribution in [0.1, 0.15) is 87.2 Å². The molecule has 26 heavy (non-hydrogen) atoms. The first-order valence-electron chi connectivity index (χ1n) is 9.52. The monoisotopic (exact) mass is 579 g/mol. The van der Waals surface area contributed by atoms with Gasteiger partial charge >= 0.3 is 0 Å². The smallest absolute Gasteiger partial charge is 0.247 e. The molecule has 4 heteroatoms. The first-order valence-corrected chi connectivity index (χ1v) is 9.52. The number of carboxylic acid groups (broad SMARTS) is 1. The van der Waals surface area contributed by atoms with E-state index in [0.29, 0.717) is 11.5 Å². The fourth-order valence-corrected chi connectivity index (χ4v) is 4.36. The molecular weight excluding hydrogens is 550 g/mol. The molecule has 2 aliphatic rings. The maximum atomic E-state index is 11.8. The Kier molecular flexibility index (Phi) is 7.08. The standard InChI is InChI=1S/C22H29O3.U/c1-5-6-7-8-15-12-20-18(13-16(15)21(23)24)17-11-14(2)9-10-19(17)22(3,4)25-20;/h11-12,17,19H,5-10H2,1-4H3,(H,23,24);/q-1;/t17-,19+;/m0./s1. The second-order valence-corrected chi connectivity index (χ2v) is 8.10. The molecule has 0 saturated heterocycles. The van der Waals surface area contributed by atoms with Crippen LogP contribution < -0.4 is 4.74 Å². The molecule has 0 fully saturated rings. The Morgan fingerprint density at radius 2 is 2.12 bits per heavy atom. The summed E-state index contributed by atoms with van der Waals surface area (Å²) in [7, 11) is 0. The summed E-state index contributed by atoms with van der Waals surface area (Å²) in [5.74, 6) is 0.517. The number of hydrogen-bond donors (Lipinski definition) is 1. The maximum Gasteiger partial charge on any atom is 0.247 e. The molecule has 1 aromatic rings. The van der Waals surface area contributed by atoms with Crippen LogP contribution in [0.2, 0.25) is 0 Å². The zero-order valence-electron chi connectivity index (χ0n) is 16.3. The van der Waals surface area contributed by atoms with Gasteiger partial charge in [-0.1, -0.05) is 55.4 Å². The van der Waals surface area contributed by atoms with Crippen LogP contribution in [0.15, 0.2) is 17.7 Å². The average molecular weight is 580 g/mol. The van der Waals surface area contributed by atoms with E-state index < -0.39 is 5.97 Å². The molecule has 0 bridgehead atoms. The van der Waals surface area contributed by atoms with Crippen LogP contribution in [0.4, 0.5) is 0 Å². The molecule has 3 nitrogen and oxygen atoms in total. The van der Waals surface area contributed by atoms with Gasteiger partial charge in [-0.2, -0.15) is 0 Å². The summed E-state index contributed by atoms with van der Waals surface area (Å²) in [6.07, 6.45) is 8.46. The first kappa shape index (κ1) is 21.6. The molecule has 1 N–H and O–H groups in total. The van der Waals surface area contributed by atoms with Crippen LogP contribution in [0.3, 0.4) is 0 Å². The number of carbonyl (C=O) groups is 1. The van der Waals surface area contributed by atoms with Crippen LogP contribution in [-0.2, 0) is 6.42 Å². The molecular formula is C22H29O3U-. The topological polar surface area (TPSA) is 46.5 Å². The SMILES string of the molecule is CCCCCc1cc2c([c-]c1C(=O)O)[C@@H]1C=C(C)CC[C@H]1C(C)(C)O2.[U]. The maximum absolute atomic E-state index is 11.8. The van der Waals surface area contributed by atoms with Gasteiger partial charge in [0.1, 0.15) is 0 Å². The number of hydrogen-bond acceptors (Lipinski definition) is 2. The minimum atomic E-state index is -0.882. The second-order valence-electron chi connectivity index (χ2n) is 8.10. The Morgan fingerprint density at radius 1 is 1.38 bits per heavy atom. The van der Waals surface area contributed by atoms with Crippen molar-refractivity contribution in [3.63, 3.8) is 0 Å². The van der Waals surface area contributed by atoms with Crippen LogP contribution >= 0.6 is 0 Å². The number of carboxylic acids is 1. The van der Waals surface area contributed by atoms with E-state index in [0.717, 1.165) is 55.4 Å². The predicted octanol–water partition coefficient (Wildman–Crippen LogP) is 5.53. The van der Waals surface area contributed by atoms with Gasteiger partial charge in [0.25, 0.3) is 0 Å². The summed E-state index contributed by atoms with van der Waals surface area (Å²) in [5, 5.41) is 9.69.